The molecule has 0 bridgehead atoms. The van der Waals surface area contributed by atoms with Gasteiger partial charge >= 0.3 is 5.97 Å². The average molecular weight is 282 g/mol. The summed E-state index contributed by atoms with van der Waals surface area (Å²) in [5, 5.41) is 0. The van der Waals surface area contributed by atoms with E-state index >= 15 is 0 Å². The minimum absolute atomic E-state index is 0.155. The lowest BCUT2D eigenvalue weighted by Crippen LogP contribution is -2.48. The zero-order valence-electron chi connectivity index (χ0n) is 10.4. The molecule has 102 valence electrons. The van der Waals surface area contributed by atoms with Crippen LogP contribution in [0.15, 0.2) is 23.1 Å². The van der Waals surface area contributed by atoms with Crippen molar-refractivity contribution in [2.24, 2.45) is 0 Å². The maximum absolute atomic E-state index is 12.2. The largest absolute Gasteiger partial charge is 0.427 e. The van der Waals surface area contributed by atoms with Crippen LogP contribution in [0, 0.1) is 0 Å². The number of carbonyl (C=O) groups is 1. The molecule has 1 unspecified atom stereocenters. The molecule has 1 atom stereocenters. The Morgan fingerprint density at radius 2 is 2.26 bits per heavy atom. The molecule has 1 N–H and O–H groups in total. The predicted molar refractivity (Wildman–Crippen MR) is 68.4 cm³/mol. The molecule has 1 aromatic rings. The molecule has 0 amide bonds. The number of esters is 1. The van der Waals surface area contributed by atoms with Crippen LogP contribution in [0.5, 0.6) is 5.75 Å². The molecule has 2 aliphatic rings. The lowest BCUT2D eigenvalue weighted by Gasteiger charge is -2.33. The smallest absolute Gasteiger partial charge is 0.308 e. The first-order chi connectivity index (χ1) is 8.97. The molecule has 0 aliphatic carbocycles. The van der Waals surface area contributed by atoms with Crippen molar-refractivity contribution in [1.29, 1.82) is 0 Å². The summed E-state index contributed by atoms with van der Waals surface area (Å²) in [6, 6.07) is 4.72. The SMILES string of the molecule is CC(=O)Oc1ccc2c(c1)S(=O)(=O)NC1CCCN21. The van der Waals surface area contributed by atoms with E-state index in [1.807, 2.05) is 4.90 Å². The third kappa shape index (κ3) is 2.08. The quantitative estimate of drug-likeness (QED) is 0.610. The number of benzene rings is 1. The molecule has 2 aliphatic heterocycles. The molecule has 6 nitrogen and oxygen atoms in total. The Balaban J connectivity index is 2.09. The van der Waals surface area contributed by atoms with E-state index < -0.39 is 16.0 Å². The van der Waals surface area contributed by atoms with Gasteiger partial charge in [0.1, 0.15) is 10.6 Å². The van der Waals surface area contributed by atoms with E-state index in [9.17, 15) is 13.2 Å². The number of rotatable bonds is 1. The summed E-state index contributed by atoms with van der Waals surface area (Å²) in [6.07, 6.45) is 1.61. The molecule has 1 fully saturated rings. The summed E-state index contributed by atoms with van der Waals surface area (Å²) >= 11 is 0. The number of hydrogen-bond donors (Lipinski definition) is 1. The van der Waals surface area contributed by atoms with Crippen LogP contribution in [0.4, 0.5) is 5.69 Å². The van der Waals surface area contributed by atoms with Gasteiger partial charge in [0, 0.05) is 19.5 Å². The van der Waals surface area contributed by atoms with Crippen molar-refractivity contribution in [2.45, 2.75) is 30.8 Å². The summed E-state index contributed by atoms with van der Waals surface area (Å²) in [4.78, 5) is 13.1. The Morgan fingerprint density at radius 3 is 3.00 bits per heavy atom. The number of carbonyl (C=O) groups excluding carboxylic acids is 1. The van der Waals surface area contributed by atoms with Gasteiger partial charge in [-0.3, -0.25) is 4.79 Å². The fourth-order valence-electron chi connectivity index (χ4n) is 2.60. The summed E-state index contributed by atoms with van der Waals surface area (Å²) in [5.41, 5.74) is 0.678. The molecule has 1 saturated heterocycles. The molecule has 1 aromatic carbocycles. The maximum Gasteiger partial charge on any atom is 0.308 e. The van der Waals surface area contributed by atoms with E-state index in [0.717, 1.165) is 19.4 Å². The van der Waals surface area contributed by atoms with Gasteiger partial charge in [-0.05, 0) is 25.0 Å². The Labute approximate surface area is 111 Å². The Kier molecular flexibility index (Phi) is 2.75. The Morgan fingerprint density at radius 1 is 1.47 bits per heavy atom. The van der Waals surface area contributed by atoms with Gasteiger partial charge in [0.15, 0.2) is 0 Å². The highest BCUT2D eigenvalue weighted by Crippen LogP contribution is 2.37. The number of nitrogens with zero attached hydrogens (tertiary/aromatic N) is 1. The van der Waals surface area contributed by atoms with Gasteiger partial charge in [-0.2, -0.15) is 4.72 Å². The minimum Gasteiger partial charge on any atom is -0.427 e. The van der Waals surface area contributed by atoms with Crippen LogP contribution in [0.2, 0.25) is 0 Å². The molecule has 19 heavy (non-hydrogen) atoms. The molecular weight excluding hydrogens is 268 g/mol. The van der Waals surface area contributed by atoms with Crippen molar-refractivity contribution in [2.75, 3.05) is 11.4 Å². The van der Waals surface area contributed by atoms with Crippen LogP contribution in [-0.4, -0.2) is 27.1 Å². The monoisotopic (exact) mass is 282 g/mol. The van der Waals surface area contributed by atoms with E-state index in [-0.39, 0.29) is 16.8 Å². The lowest BCUT2D eigenvalue weighted by molar-refractivity contribution is -0.131. The summed E-state index contributed by atoms with van der Waals surface area (Å²) in [7, 11) is -3.54. The van der Waals surface area contributed by atoms with Crippen LogP contribution >= 0.6 is 0 Å². The summed E-state index contributed by atoms with van der Waals surface area (Å²) in [5.74, 6) is -0.227. The third-order valence-corrected chi connectivity index (χ3v) is 4.82. The summed E-state index contributed by atoms with van der Waals surface area (Å²) < 4.78 is 31.9. The highest BCUT2D eigenvalue weighted by molar-refractivity contribution is 7.89. The van der Waals surface area contributed by atoms with Gasteiger partial charge in [-0.15, -0.1) is 0 Å². The van der Waals surface area contributed by atoms with E-state index in [1.165, 1.54) is 13.0 Å². The number of nitrogens with one attached hydrogen (secondary N) is 1. The highest BCUT2D eigenvalue weighted by atomic mass is 32.2. The average Bonchev–Trinajstić information content (AvgIpc) is 2.75. The first-order valence-corrected chi connectivity index (χ1v) is 7.57. The second-order valence-corrected chi connectivity index (χ2v) is 6.38. The highest BCUT2D eigenvalue weighted by Gasteiger charge is 2.37. The summed E-state index contributed by atoms with van der Waals surface area (Å²) in [6.45, 7) is 2.11. The normalized spacial score (nSPS) is 23.6. The van der Waals surface area contributed by atoms with Gasteiger partial charge < -0.3 is 9.64 Å². The van der Waals surface area contributed by atoms with Crippen molar-refractivity contribution in [3.63, 3.8) is 0 Å². The number of hydrogen-bond acceptors (Lipinski definition) is 5. The number of fused-ring (bicyclic) bond motifs is 3. The van der Waals surface area contributed by atoms with Crippen molar-refractivity contribution in [3.8, 4) is 5.75 Å². The van der Waals surface area contributed by atoms with Crippen LogP contribution < -0.4 is 14.4 Å². The van der Waals surface area contributed by atoms with Crippen molar-refractivity contribution < 1.29 is 17.9 Å². The van der Waals surface area contributed by atoms with Gasteiger partial charge in [-0.1, -0.05) is 0 Å². The second kappa shape index (κ2) is 4.21. The van der Waals surface area contributed by atoms with E-state index in [0.29, 0.717) is 5.69 Å². The van der Waals surface area contributed by atoms with Crippen LogP contribution in [0.25, 0.3) is 0 Å². The van der Waals surface area contributed by atoms with E-state index in [1.54, 1.807) is 12.1 Å². The van der Waals surface area contributed by atoms with Crippen LogP contribution in [0.1, 0.15) is 19.8 Å². The van der Waals surface area contributed by atoms with E-state index in [2.05, 4.69) is 4.72 Å². The van der Waals surface area contributed by atoms with Crippen LogP contribution in [0.3, 0.4) is 0 Å². The van der Waals surface area contributed by atoms with Gasteiger partial charge in [0.2, 0.25) is 10.0 Å². The first kappa shape index (κ1) is 12.4. The molecular formula is C12H14N2O4S. The number of sulfonamides is 1. The third-order valence-electron chi connectivity index (χ3n) is 3.34. The van der Waals surface area contributed by atoms with Gasteiger partial charge in [0.05, 0.1) is 11.9 Å². The van der Waals surface area contributed by atoms with Gasteiger partial charge in [-0.25, -0.2) is 8.42 Å². The lowest BCUT2D eigenvalue weighted by atomic mass is 10.2. The van der Waals surface area contributed by atoms with Crippen molar-refractivity contribution in [1.82, 2.24) is 4.72 Å². The second-order valence-electron chi connectivity index (χ2n) is 4.70. The van der Waals surface area contributed by atoms with Crippen molar-refractivity contribution >= 4 is 21.7 Å². The first-order valence-electron chi connectivity index (χ1n) is 6.09. The zero-order valence-corrected chi connectivity index (χ0v) is 11.2. The molecule has 0 aromatic heterocycles. The fourth-order valence-corrected chi connectivity index (χ4v) is 4.06. The van der Waals surface area contributed by atoms with Gasteiger partial charge in [0.25, 0.3) is 0 Å². The van der Waals surface area contributed by atoms with Crippen molar-refractivity contribution in [3.05, 3.63) is 18.2 Å². The number of ether oxygens (including phenoxy) is 1. The van der Waals surface area contributed by atoms with E-state index in [4.69, 9.17) is 4.74 Å². The fraction of sp³-hybridized carbons (Fsp3) is 0.417. The zero-order chi connectivity index (χ0) is 13.6. The van der Waals surface area contributed by atoms with Crippen LogP contribution in [-0.2, 0) is 14.8 Å². The molecule has 0 saturated carbocycles. The molecule has 0 radical (unpaired) electrons. The maximum atomic E-state index is 12.2. The minimum atomic E-state index is -3.54. The standard InChI is InChI=1S/C12H14N2O4S/c1-8(15)18-9-4-5-10-11(7-9)19(16,17)13-12-3-2-6-14(10)12/h4-5,7,12-13H,2-3,6H2,1H3. The molecule has 0 spiro atoms. The topological polar surface area (TPSA) is 75.7 Å². The molecule has 2 heterocycles. The number of anilines is 1. The molecule has 7 heteroatoms. The molecule has 3 rings (SSSR count). The Bertz CT molecular complexity index is 641. The Hall–Kier alpha value is -1.60. The predicted octanol–water partition coefficient (Wildman–Crippen LogP) is 0.830.